The first-order chi connectivity index (χ1) is 11.4. The summed E-state index contributed by atoms with van der Waals surface area (Å²) < 4.78 is 5.98. The second-order valence-corrected chi connectivity index (χ2v) is 6.06. The molecule has 3 heteroatoms. The molecule has 2 aromatic carbocycles. The fourth-order valence-corrected chi connectivity index (χ4v) is 3.25. The molecule has 2 aromatic rings. The number of nitrogens with zero attached hydrogens (tertiary/aromatic N) is 1. The van der Waals surface area contributed by atoms with Crippen LogP contribution in [-0.4, -0.2) is 31.1 Å². The van der Waals surface area contributed by atoms with Crippen molar-refractivity contribution >= 4 is 0 Å². The topological polar surface area (TPSA) is 24.5 Å². The molecule has 0 unspecified atom stereocenters. The average molecular weight is 310 g/mol. The summed E-state index contributed by atoms with van der Waals surface area (Å²) in [7, 11) is 0. The Labute approximate surface area is 139 Å². The molecular weight excluding hydrogens is 284 g/mol. The molecule has 1 aliphatic heterocycles. The molecule has 1 atom stereocenters. The molecule has 1 fully saturated rings. The number of nitrogens with one attached hydrogen (secondary N) is 1. The van der Waals surface area contributed by atoms with Crippen LogP contribution in [0.15, 0.2) is 54.6 Å². The summed E-state index contributed by atoms with van der Waals surface area (Å²) in [5, 5.41) is 3.43. The fraction of sp³-hybridized carbons (Fsp3) is 0.400. The van der Waals surface area contributed by atoms with Crippen LogP contribution in [-0.2, 0) is 6.61 Å². The number of ether oxygens (including phenoxy) is 1. The Morgan fingerprint density at radius 1 is 1.04 bits per heavy atom. The predicted molar refractivity (Wildman–Crippen MR) is 94.7 cm³/mol. The minimum absolute atomic E-state index is 0.484. The summed E-state index contributed by atoms with van der Waals surface area (Å²) in [5.41, 5.74) is 2.56. The molecule has 23 heavy (non-hydrogen) atoms. The van der Waals surface area contributed by atoms with Crippen LogP contribution in [0.3, 0.4) is 0 Å². The van der Waals surface area contributed by atoms with Crippen molar-refractivity contribution in [2.45, 2.75) is 26.0 Å². The largest absolute Gasteiger partial charge is 0.489 e. The Hall–Kier alpha value is -1.84. The van der Waals surface area contributed by atoms with E-state index in [1.54, 1.807) is 0 Å². The lowest BCUT2D eigenvalue weighted by Gasteiger charge is -2.34. The van der Waals surface area contributed by atoms with Crippen LogP contribution in [0.5, 0.6) is 5.75 Å². The first-order valence-corrected chi connectivity index (χ1v) is 8.58. The standard InChI is InChI=1S/C20H26N2O/c1-2-20(22-13-11-21-12-14-22)18-9-6-10-19(15-18)23-16-17-7-4-3-5-8-17/h3-10,15,20-21H,2,11-14,16H2,1H3/t20-/m0/s1. The molecule has 122 valence electrons. The number of benzene rings is 2. The van der Waals surface area contributed by atoms with Crippen LogP contribution in [0.1, 0.15) is 30.5 Å². The van der Waals surface area contributed by atoms with Crippen LogP contribution in [0.25, 0.3) is 0 Å². The zero-order chi connectivity index (χ0) is 15.9. The molecular formula is C20H26N2O. The fourth-order valence-electron chi connectivity index (χ4n) is 3.25. The lowest BCUT2D eigenvalue weighted by Crippen LogP contribution is -2.45. The molecule has 0 spiro atoms. The molecule has 3 rings (SSSR count). The predicted octanol–water partition coefficient (Wildman–Crippen LogP) is 3.62. The Balaban J connectivity index is 1.68. The van der Waals surface area contributed by atoms with Crippen LogP contribution >= 0.6 is 0 Å². The summed E-state index contributed by atoms with van der Waals surface area (Å²) in [6.45, 7) is 7.29. The van der Waals surface area contributed by atoms with Gasteiger partial charge in [0.2, 0.25) is 0 Å². The van der Waals surface area contributed by atoms with E-state index in [2.05, 4.69) is 53.5 Å². The van der Waals surface area contributed by atoms with Gasteiger partial charge < -0.3 is 10.1 Å². The van der Waals surface area contributed by atoms with Gasteiger partial charge in [0, 0.05) is 32.2 Å². The van der Waals surface area contributed by atoms with Crippen molar-refractivity contribution < 1.29 is 4.74 Å². The molecule has 0 aromatic heterocycles. The average Bonchev–Trinajstić information content (AvgIpc) is 2.63. The van der Waals surface area contributed by atoms with E-state index in [0.29, 0.717) is 12.6 Å². The van der Waals surface area contributed by atoms with Gasteiger partial charge in [-0.3, -0.25) is 4.90 Å². The van der Waals surface area contributed by atoms with Crippen LogP contribution in [0.4, 0.5) is 0 Å². The highest BCUT2D eigenvalue weighted by Gasteiger charge is 2.20. The maximum absolute atomic E-state index is 5.98. The molecule has 0 aliphatic carbocycles. The summed E-state index contributed by atoms with van der Waals surface area (Å²) >= 11 is 0. The first-order valence-electron chi connectivity index (χ1n) is 8.58. The van der Waals surface area contributed by atoms with E-state index in [-0.39, 0.29) is 0 Å². The number of piperazine rings is 1. The van der Waals surface area contributed by atoms with Gasteiger partial charge >= 0.3 is 0 Å². The molecule has 3 nitrogen and oxygen atoms in total. The molecule has 0 bridgehead atoms. The smallest absolute Gasteiger partial charge is 0.120 e. The summed E-state index contributed by atoms with van der Waals surface area (Å²) in [6, 6.07) is 19.4. The molecule has 0 saturated carbocycles. The molecule has 1 heterocycles. The van der Waals surface area contributed by atoms with Crippen molar-refractivity contribution in [3.63, 3.8) is 0 Å². The van der Waals surface area contributed by atoms with Gasteiger partial charge in [0.1, 0.15) is 12.4 Å². The summed E-state index contributed by atoms with van der Waals surface area (Å²) in [5.74, 6) is 0.958. The zero-order valence-electron chi connectivity index (χ0n) is 13.9. The SMILES string of the molecule is CC[C@@H](c1cccc(OCc2ccccc2)c1)N1CCNCC1. The van der Waals surface area contributed by atoms with Gasteiger partial charge in [-0.1, -0.05) is 49.4 Å². The highest BCUT2D eigenvalue weighted by Crippen LogP contribution is 2.27. The van der Waals surface area contributed by atoms with E-state index >= 15 is 0 Å². The Kier molecular flexibility index (Phi) is 5.67. The van der Waals surface area contributed by atoms with E-state index in [0.717, 1.165) is 38.3 Å². The lowest BCUT2D eigenvalue weighted by atomic mass is 10.0. The Bertz CT molecular complexity index is 594. The number of hydrogen-bond acceptors (Lipinski definition) is 3. The minimum atomic E-state index is 0.484. The van der Waals surface area contributed by atoms with Gasteiger partial charge in [0.15, 0.2) is 0 Å². The van der Waals surface area contributed by atoms with E-state index in [4.69, 9.17) is 4.74 Å². The zero-order valence-corrected chi connectivity index (χ0v) is 13.9. The third kappa shape index (κ3) is 4.34. The van der Waals surface area contributed by atoms with Crippen LogP contribution in [0, 0.1) is 0 Å². The van der Waals surface area contributed by atoms with Gasteiger partial charge in [-0.2, -0.15) is 0 Å². The van der Waals surface area contributed by atoms with E-state index in [1.807, 2.05) is 18.2 Å². The molecule has 0 radical (unpaired) electrons. The van der Waals surface area contributed by atoms with Crippen LogP contribution < -0.4 is 10.1 Å². The Morgan fingerprint density at radius 3 is 2.57 bits per heavy atom. The maximum atomic E-state index is 5.98. The molecule has 0 amide bonds. The number of hydrogen-bond donors (Lipinski definition) is 1. The quantitative estimate of drug-likeness (QED) is 0.882. The van der Waals surface area contributed by atoms with Crippen molar-refractivity contribution in [1.82, 2.24) is 10.2 Å². The van der Waals surface area contributed by atoms with Crippen LogP contribution in [0.2, 0.25) is 0 Å². The van der Waals surface area contributed by atoms with Gasteiger partial charge in [-0.15, -0.1) is 0 Å². The third-order valence-corrected chi connectivity index (χ3v) is 4.47. The van der Waals surface area contributed by atoms with Crippen molar-refractivity contribution in [3.05, 3.63) is 65.7 Å². The normalized spacial score (nSPS) is 16.9. The van der Waals surface area contributed by atoms with Gasteiger partial charge in [0.05, 0.1) is 0 Å². The first kappa shape index (κ1) is 16.0. The second-order valence-electron chi connectivity index (χ2n) is 6.06. The van der Waals surface area contributed by atoms with Gasteiger partial charge in [-0.25, -0.2) is 0 Å². The van der Waals surface area contributed by atoms with Crippen molar-refractivity contribution in [1.29, 1.82) is 0 Å². The van der Waals surface area contributed by atoms with E-state index < -0.39 is 0 Å². The molecule has 1 aliphatic rings. The molecule has 1 N–H and O–H groups in total. The monoisotopic (exact) mass is 310 g/mol. The van der Waals surface area contributed by atoms with Gasteiger partial charge in [-0.05, 0) is 29.7 Å². The summed E-state index contributed by atoms with van der Waals surface area (Å²) in [6.07, 6.45) is 1.13. The third-order valence-electron chi connectivity index (χ3n) is 4.47. The summed E-state index contributed by atoms with van der Waals surface area (Å²) in [4.78, 5) is 2.58. The van der Waals surface area contributed by atoms with Crippen molar-refractivity contribution in [2.75, 3.05) is 26.2 Å². The van der Waals surface area contributed by atoms with Gasteiger partial charge in [0.25, 0.3) is 0 Å². The maximum Gasteiger partial charge on any atom is 0.120 e. The highest BCUT2D eigenvalue weighted by molar-refractivity contribution is 5.31. The number of rotatable bonds is 6. The lowest BCUT2D eigenvalue weighted by molar-refractivity contribution is 0.169. The minimum Gasteiger partial charge on any atom is -0.489 e. The van der Waals surface area contributed by atoms with Crippen molar-refractivity contribution in [2.24, 2.45) is 0 Å². The van der Waals surface area contributed by atoms with Crippen molar-refractivity contribution in [3.8, 4) is 5.75 Å². The van der Waals surface area contributed by atoms with E-state index in [1.165, 1.54) is 11.1 Å². The Morgan fingerprint density at radius 2 is 1.83 bits per heavy atom. The highest BCUT2D eigenvalue weighted by atomic mass is 16.5. The molecule has 1 saturated heterocycles. The van der Waals surface area contributed by atoms with E-state index in [9.17, 15) is 0 Å². The second kappa shape index (κ2) is 8.14.